The molecule has 1 fully saturated rings. The molecule has 1 saturated heterocycles. The Labute approximate surface area is 139 Å². The second-order valence-electron chi connectivity index (χ2n) is 5.51. The van der Waals surface area contributed by atoms with Crippen LogP contribution < -0.4 is 5.32 Å². The number of urea groups is 1. The number of likely N-dealkylation sites (tertiary alicyclic amines) is 1. The molecule has 0 aliphatic carbocycles. The predicted octanol–water partition coefficient (Wildman–Crippen LogP) is 5.55. The van der Waals surface area contributed by atoms with Crippen molar-refractivity contribution in [1.29, 1.82) is 0 Å². The summed E-state index contributed by atoms with van der Waals surface area (Å²) >= 11 is 7.71. The highest BCUT2D eigenvalue weighted by Gasteiger charge is 2.27. The van der Waals surface area contributed by atoms with E-state index in [-0.39, 0.29) is 12.1 Å². The smallest absolute Gasteiger partial charge is 0.317 e. The number of nitrogens with zero attached hydrogens (tertiary/aromatic N) is 1. The van der Waals surface area contributed by atoms with Gasteiger partial charge in [0.1, 0.15) is 0 Å². The van der Waals surface area contributed by atoms with Crippen LogP contribution in [0.1, 0.15) is 36.6 Å². The maximum absolute atomic E-state index is 12.7. The Hall–Kier alpha value is -1.52. The fraction of sp³-hybridized carbons (Fsp3) is 0.353. The predicted molar refractivity (Wildman–Crippen MR) is 92.7 cm³/mol. The van der Waals surface area contributed by atoms with Gasteiger partial charge in [-0.3, -0.25) is 0 Å². The second kappa shape index (κ2) is 7.16. The first-order valence-corrected chi connectivity index (χ1v) is 8.86. The maximum atomic E-state index is 12.7. The van der Waals surface area contributed by atoms with E-state index in [1.807, 2.05) is 17.0 Å². The number of anilines is 1. The van der Waals surface area contributed by atoms with E-state index in [4.69, 9.17) is 11.6 Å². The Bertz CT molecular complexity index is 629. The summed E-state index contributed by atoms with van der Waals surface area (Å²) in [6.07, 6.45) is 4.45. The van der Waals surface area contributed by atoms with Gasteiger partial charge in [0.2, 0.25) is 0 Å². The average molecular weight is 335 g/mol. The minimum atomic E-state index is -0.0393. The van der Waals surface area contributed by atoms with E-state index in [1.54, 1.807) is 23.5 Å². The lowest BCUT2D eigenvalue weighted by Crippen LogP contribution is -2.37. The van der Waals surface area contributed by atoms with Crippen LogP contribution in [0, 0.1) is 0 Å². The Morgan fingerprint density at radius 2 is 2.14 bits per heavy atom. The third-order valence-electron chi connectivity index (χ3n) is 3.96. The van der Waals surface area contributed by atoms with Gasteiger partial charge in [-0.15, -0.1) is 11.3 Å². The van der Waals surface area contributed by atoms with E-state index in [9.17, 15) is 4.79 Å². The molecule has 0 spiro atoms. The highest BCUT2D eigenvalue weighted by atomic mass is 35.5. The summed E-state index contributed by atoms with van der Waals surface area (Å²) in [6, 6.07) is 11.6. The molecular weight excluding hydrogens is 316 g/mol. The van der Waals surface area contributed by atoms with Crippen LogP contribution in [-0.2, 0) is 0 Å². The fourth-order valence-electron chi connectivity index (χ4n) is 2.89. The highest BCUT2D eigenvalue weighted by molar-refractivity contribution is 7.10. The summed E-state index contributed by atoms with van der Waals surface area (Å²) in [5.74, 6) is 0. The standard InChI is InChI=1S/C17H19ClN2OS/c18-13-6-4-7-14(12-13)19-17(21)20-10-3-1-2-8-15(20)16-9-5-11-22-16/h4-7,9,11-12,15H,1-3,8,10H2,(H,19,21)/t15-/m0/s1. The van der Waals surface area contributed by atoms with Crippen LogP contribution in [0.2, 0.25) is 5.02 Å². The topological polar surface area (TPSA) is 32.3 Å². The molecule has 0 unspecified atom stereocenters. The van der Waals surface area contributed by atoms with Gasteiger partial charge in [0, 0.05) is 22.1 Å². The van der Waals surface area contributed by atoms with Gasteiger partial charge in [0.05, 0.1) is 6.04 Å². The van der Waals surface area contributed by atoms with E-state index < -0.39 is 0 Å². The van der Waals surface area contributed by atoms with Crippen LogP contribution in [0.15, 0.2) is 41.8 Å². The van der Waals surface area contributed by atoms with Gasteiger partial charge in [-0.05, 0) is 42.5 Å². The van der Waals surface area contributed by atoms with Crippen molar-refractivity contribution in [2.45, 2.75) is 31.7 Å². The summed E-state index contributed by atoms with van der Waals surface area (Å²) in [7, 11) is 0. The van der Waals surface area contributed by atoms with Crippen molar-refractivity contribution < 1.29 is 4.79 Å². The molecule has 2 aromatic rings. The second-order valence-corrected chi connectivity index (χ2v) is 6.93. The van der Waals surface area contributed by atoms with Crippen LogP contribution >= 0.6 is 22.9 Å². The summed E-state index contributed by atoms with van der Waals surface area (Å²) in [6.45, 7) is 0.801. The van der Waals surface area contributed by atoms with E-state index in [1.165, 1.54) is 17.7 Å². The third kappa shape index (κ3) is 3.62. The van der Waals surface area contributed by atoms with Gasteiger partial charge in [0.15, 0.2) is 0 Å². The van der Waals surface area contributed by atoms with Gasteiger partial charge in [0.25, 0.3) is 0 Å². The van der Waals surface area contributed by atoms with Crippen molar-refractivity contribution in [3.8, 4) is 0 Å². The largest absolute Gasteiger partial charge is 0.322 e. The van der Waals surface area contributed by atoms with Crippen molar-refractivity contribution in [3.05, 3.63) is 51.7 Å². The number of benzene rings is 1. The number of carbonyl (C=O) groups is 1. The Kier molecular flexibility index (Phi) is 5.01. The number of hydrogen-bond donors (Lipinski definition) is 1. The minimum absolute atomic E-state index is 0.0393. The summed E-state index contributed by atoms with van der Waals surface area (Å²) in [5, 5.41) is 5.68. The third-order valence-corrected chi connectivity index (χ3v) is 5.17. The first-order valence-electron chi connectivity index (χ1n) is 7.60. The molecule has 1 N–H and O–H groups in total. The van der Waals surface area contributed by atoms with E-state index in [2.05, 4.69) is 22.8 Å². The molecule has 2 heterocycles. The number of hydrogen-bond acceptors (Lipinski definition) is 2. The van der Waals surface area contributed by atoms with Crippen LogP contribution in [0.4, 0.5) is 10.5 Å². The normalized spacial score (nSPS) is 18.8. The molecule has 3 rings (SSSR count). The highest BCUT2D eigenvalue weighted by Crippen LogP contribution is 2.33. The van der Waals surface area contributed by atoms with Crippen LogP contribution in [0.25, 0.3) is 0 Å². The molecule has 1 aromatic carbocycles. The van der Waals surface area contributed by atoms with E-state index in [0.717, 1.165) is 25.1 Å². The number of nitrogens with one attached hydrogen (secondary N) is 1. The first-order chi connectivity index (χ1) is 10.7. The van der Waals surface area contributed by atoms with Crippen molar-refractivity contribution in [3.63, 3.8) is 0 Å². The van der Waals surface area contributed by atoms with Gasteiger partial charge in [-0.1, -0.05) is 36.6 Å². The molecule has 2 amide bonds. The van der Waals surface area contributed by atoms with Gasteiger partial charge in [-0.25, -0.2) is 4.79 Å². The minimum Gasteiger partial charge on any atom is -0.317 e. The molecule has 1 aliphatic rings. The lowest BCUT2D eigenvalue weighted by molar-refractivity contribution is 0.190. The van der Waals surface area contributed by atoms with Crippen molar-refractivity contribution in [2.75, 3.05) is 11.9 Å². The Morgan fingerprint density at radius 1 is 1.23 bits per heavy atom. The van der Waals surface area contributed by atoms with Gasteiger partial charge >= 0.3 is 6.03 Å². The van der Waals surface area contributed by atoms with Crippen LogP contribution in [0.5, 0.6) is 0 Å². The molecule has 0 bridgehead atoms. The van der Waals surface area contributed by atoms with Crippen LogP contribution in [0.3, 0.4) is 0 Å². The number of rotatable bonds is 2. The lowest BCUT2D eigenvalue weighted by atomic mass is 10.1. The zero-order valence-corrected chi connectivity index (χ0v) is 13.9. The molecule has 1 aliphatic heterocycles. The maximum Gasteiger partial charge on any atom is 0.322 e. The lowest BCUT2D eigenvalue weighted by Gasteiger charge is -2.29. The average Bonchev–Trinajstić information content (AvgIpc) is 2.91. The van der Waals surface area contributed by atoms with Crippen molar-refractivity contribution in [2.24, 2.45) is 0 Å². The van der Waals surface area contributed by atoms with Crippen LogP contribution in [-0.4, -0.2) is 17.5 Å². The fourth-order valence-corrected chi connectivity index (χ4v) is 3.95. The monoisotopic (exact) mass is 334 g/mol. The van der Waals surface area contributed by atoms with Gasteiger partial charge in [-0.2, -0.15) is 0 Å². The molecule has 0 saturated carbocycles. The molecule has 116 valence electrons. The molecule has 1 aromatic heterocycles. The summed E-state index contributed by atoms with van der Waals surface area (Å²) in [5.41, 5.74) is 0.742. The number of amides is 2. The molecule has 5 heteroatoms. The quantitative estimate of drug-likeness (QED) is 0.767. The molecule has 1 atom stereocenters. The Morgan fingerprint density at radius 3 is 2.91 bits per heavy atom. The molecular formula is C17H19ClN2OS. The summed E-state index contributed by atoms with van der Waals surface area (Å²) < 4.78 is 0. The molecule has 3 nitrogen and oxygen atoms in total. The Balaban J connectivity index is 1.78. The van der Waals surface area contributed by atoms with E-state index >= 15 is 0 Å². The zero-order valence-electron chi connectivity index (χ0n) is 12.3. The summed E-state index contributed by atoms with van der Waals surface area (Å²) in [4.78, 5) is 16.0. The SMILES string of the molecule is O=C(Nc1cccc(Cl)c1)N1CCCCC[C@H]1c1cccs1. The molecule has 0 radical (unpaired) electrons. The van der Waals surface area contributed by atoms with E-state index in [0.29, 0.717) is 5.02 Å². The van der Waals surface area contributed by atoms with Crippen molar-refractivity contribution in [1.82, 2.24) is 4.90 Å². The first kappa shape index (κ1) is 15.4. The number of halogens is 1. The molecule has 22 heavy (non-hydrogen) atoms. The zero-order chi connectivity index (χ0) is 15.4. The number of thiophene rings is 1. The van der Waals surface area contributed by atoms with Gasteiger partial charge < -0.3 is 10.2 Å². The number of carbonyl (C=O) groups excluding carboxylic acids is 1. The van der Waals surface area contributed by atoms with Crippen molar-refractivity contribution >= 4 is 34.7 Å².